The maximum atomic E-state index is 13.3. The number of aromatic amines is 1. The quantitative estimate of drug-likeness (QED) is 0.610. The molecule has 0 saturated carbocycles. The average Bonchev–Trinajstić information content (AvgIpc) is 3.07. The summed E-state index contributed by atoms with van der Waals surface area (Å²) in [5.41, 5.74) is 2.90. The summed E-state index contributed by atoms with van der Waals surface area (Å²) in [6, 6.07) is 8.55. The molecule has 5 nitrogen and oxygen atoms in total. The van der Waals surface area contributed by atoms with Gasteiger partial charge in [-0.05, 0) is 50.2 Å². The van der Waals surface area contributed by atoms with Gasteiger partial charge in [-0.3, -0.25) is 9.69 Å². The van der Waals surface area contributed by atoms with E-state index < -0.39 is 5.41 Å². The van der Waals surface area contributed by atoms with Crippen LogP contribution in [0.3, 0.4) is 0 Å². The molecule has 4 unspecified atom stereocenters. The van der Waals surface area contributed by atoms with Crippen molar-refractivity contribution >= 4 is 16.9 Å². The van der Waals surface area contributed by atoms with Crippen LogP contribution in [0.15, 0.2) is 24.3 Å². The lowest BCUT2D eigenvalue weighted by Crippen LogP contribution is -2.59. The van der Waals surface area contributed by atoms with Crippen LogP contribution in [0.25, 0.3) is 10.9 Å². The SMILES string of the molecule is COCCCCC1CN2CCc3c([nH]c4ccccc34)C(C(=O)OC)(C1)C2C. The standard InChI is InChI=1S/C23H32N2O3/c1-16-23(22(26)28-3)14-17(8-6-7-13-27-2)15-25(16)12-11-19-18-9-4-5-10-20(18)24-21(19)23/h4-5,9-10,16-17,24H,6-8,11-15H2,1-3H3. The van der Waals surface area contributed by atoms with Crippen LogP contribution in [-0.4, -0.2) is 55.8 Å². The number of aromatic nitrogens is 1. The van der Waals surface area contributed by atoms with Crippen LogP contribution in [0.4, 0.5) is 0 Å². The monoisotopic (exact) mass is 384 g/mol. The topological polar surface area (TPSA) is 54.6 Å². The number of fused-ring (bicyclic) bond motifs is 6. The molecule has 1 aromatic carbocycles. The molecule has 1 N–H and O–H groups in total. The molecule has 2 aromatic rings. The minimum absolute atomic E-state index is 0.0960. The van der Waals surface area contributed by atoms with Gasteiger partial charge < -0.3 is 14.5 Å². The summed E-state index contributed by atoms with van der Waals surface area (Å²) in [7, 11) is 3.29. The normalized spacial score (nSPS) is 29.3. The Morgan fingerprint density at radius 2 is 2.11 bits per heavy atom. The number of carbonyl (C=O) groups excluding carboxylic acids is 1. The summed E-state index contributed by atoms with van der Waals surface area (Å²) in [6.45, 7) is 5.07. The van der Waals surface area contributed by atoms with Crippen LogP contribution in [0.5, 0.6) is 0 Å². The van der Waals surface area contributed by atoms with Crippen LogP contribution < -0.4 is 0 Å². The molecule has 5 heteroatoms. The van der Waals surface area contributed by atoms with Crippen molar-refractivity contribution in [2.24, 2.45) is 5.92 Å². The first-order chi connectivity index (χ1) is 13.6. The number of nitrogens with zero attached hydrogens (tertiary/aromatic N) is 1. The summed E-state index contributed by atoms with van der Waals surface area (Å²) in [5.74, 6) is 0.394. The van der Waals surface area contributed by atoms with Gasteiger partial charge in [0.1, 0.15) is 5.41 Å². The minimum Gasteiger partial charge on any atom is -0.468 e. The van der Waals surface area contributed by atoms with Gasteiger partial charge in [0, 0.05) is 49.4 Å². The van der Waals surface area contributed by atoms with E-state index in [1.165, 1.54) is 18.1 Å². The van der Waals surface area contributed by atoms with E-state index in [9.17, 15) is 4.79 Å². The van der Waals surface area contributed by atoms with E-state index in [1.807, 2.05) is 0 Å². The van der Waals surface area contributed by atoms with Gasteiger partial charge in [0.2, 0.25) is 0 Å². The number of nitrogens with one attached hydrogen (secondary N) is 1. The smallest absolute Gasteiger partial charge is 0.319 e. The molecule has 1 fully saturated rings. The summed E-state index contributed by atoms with van der Waals surface area (Å²) in [6.07, 6.45) is 5.16. The lowest BCUT2D eigenvalue weighted by atomic mass is 9.67. The number of benzene rings is 1. The molecule has 28 heavy (non-hydrogen) atoms. The number of unbranched alkanes of at least 4 members (excludes halogenated alkanes) is 1. The molecular formula is C23H32N2O3. The van der Waals surface area contributed by atoms with Crippen LogP contribution in [0.2, 0.25) is 0 Å². The van der Waals surface area contributed by atoms with Crippen molar-refractivity contribution in [3.05, 3.63) is 35.5 Å². The highest BCUT2D eigenvalue weighted by molar-refractivity contribution is 5.91. The van der Waals surface area contributed by atoms with Gasteiger partial charge in [0.05, 0.1) is 7.11 Å². The van der Waals surface area contributed by atoms with Gasteiger partial charge in [-0.15, -0.1) is 0 Å². The lowest BCUT2D eigenvalue weighted by Gasteiger charge is -2.48. The van der Waals surface area contributed by atoms with Crippen molar-refractivity contribution < 1.29 is 14.3 Å². The second-order valence-corrected chi connectivity index (χ2v) is 8.47. The first-order valence-corrected chi connectivity index (χ1v) is 10.5. The van der Waals surface area contributed by atoms with E-state index in [0.29, 0.717) is 5.92 Å². The second kappa shape index (κ2) is 7.88. The van der Waals surface area contributed by atoms with E-state index in [2.05, 4.69) is 41.1 Å². The number of methoxy groups -OCH3 is 2. The molecule has 0 radical (unpaired) electrons. The molecule has 1 saturated heterocycles. The first-order valence-electron chi connectivity index (χ1n) is 10.5. The number of H-pyrrole nitrogens is 1. The number of piperidine rings is 1. The Morgan fingerprint density at radius 1 is 1.29 bits per heavy atom. The molecule has 0 aliphatic carbocycles. The molecule has 2 bridgehead atoms. The van der Waals surface area contributed by atoms with Crippen LogP contribution >= 0.6 is 0 Å². The molecule has 3 heterocycles. The third kappa shape index (κ3) is 3.05. The third-order valence-corrected chi connectivity index (χ3v) is 7.03. The first kappa shape index (κ1) is 19.5. The largest absolute Gasteiger partial charge is 0.468 e. The summed E-state index contributed by atoms with van der Waals surface area (Å²) >= 11 is 0. The highest BCUT2D eigenvalue weighted by atomic mass is 16.5. The molecule has 4 rings (SSSR count). The fourth-order valence-corrected chi connectivity index (χ4v) is 5.59. The van der Waals surface area contributed by atoms with Crippen LogP contribution in [0, 0.1) is 5.92 Å². The maximum Gasteiger partial charge on any atom is 0.319 e. The minimum atomic E-state index is -0.621. The van der Waals surface area contributed by atoms with Gasteiger partial charge in [-0.25, -0.2) is 0 Å². The molecule has 0 amide bonds. The van der Waals surface area contributed by atoms with E-state index in [-0.39, 0.29) is 12.0 Å². The molecular weight excluding hydrogens is 352 g/mol. The Morgan fingerprint density at radius 3 is 2.89 bits per heavy atom. The van der Waals surface area contributed by atoms with E-state index in [1.54, 1.807) is 7.11 Å². The predicted octanol–water partition coefficient (Wildman–Crippen LogP) is 3.66. The van der Waals surface area contributed by atoms with Gasteiger partial charge >= 0.3 is 5.97 Å². The van der Waals surface area contributed by atoms with Gasteiger partial charge in [-0.1, -0.05) is 24.6 Å². The Hall–Kier alpha value is -1.85. The van der Waals surface area contributed by atoms with Gasteiger partial charge in [0.25, 0.3) is 0 Å². The Labute approximate surface area is 167 Å². The molecule has 152 valence electrons. The fraction of sp³-hybridized carbons (Fsp3) is 0.609. The Balaban J connectivity index is 1.76. The zero-order valence-electron chi connectivity index (χ0n) is 17.3. The van der Waals surface area contributed by atoms with Crippen molar-refractivity contribution in [1.82, 2.24) is 9.88 Å². The van der Waals surface area contributed by atoms with E-state index in [0.717, 1.165) is 63.0 Å². The van der Waals surface area contributed by atoms with Crippen LogP contribution in [-0.2, 0) is 26.1 Å². The average molecular weight is 385 g/mol. The maximum absolute atomic E-state index is 13.3. The van der Waals surface area contributed by atoms with E-state index >= 15 is 0 Å². The Bertz CT molecular complexity index is 845. The number of rotatable bonds is 6. The third-order valence-electron chi connectivity index (χ3n) is 7.03. The highest BCUT2D eigenvalue weighted by Gasteiger charge is 2.55. The highest BCUT2D eigenvalue weighted by Crippen LogP contribution is 2.47. The molecule has 1 aromatic heterocycles. The van der Waals surface area contributed by atoms with Crippen molar-refractivity contribution in [2.45, 2.75) is 50.5 Å². The van der Waals surface area contributed by atoms with Gasteiger partial charge in [0.15, 0.2) is 0 Å². The van der Waals surface area contributed by atoms with Crippen molar-refractivity contribution in [1.29, 1.82) is 0 Å². The fourth-order valence-electron chi connectivity index (χ4n) is 5.59. The lowest BCUT2D eigenvalue weighted by molar-refractivity contribution is -0.154. The number of hydrogen-bond donors (Lipinski definition) is 1. The van der Waals surface area contributed by atoms with Gasteiger partial charge in [-0.2, -0.15) is 0 Å². The Kier molecular flexibility index (Phi) is 5.48. The predicted molar refractivity (Wildman–Crippen MR) is 111 cm³/mol. The summed E-state index contributed by atoms with van der Waals surface area (Å²) < 4.78 is 10.6. The number of para-hydroxylation sites is 1. The molecule has 2 aliphatic rings. The van der Waals surface area contributed by atoms with Crippen molar-refractivity contribution in [3.63, 3.8) is 0 Å². The van der Waals surface area contributed by atoms with Crippen molar-refractivity contribution in [2.75, 3.05) is 33.9 Å². The van der Waals surface area contributed by atoms with Crippen LogP contribution in [0.1, 0.15) is 43.9 Å². The van der Waals surface area contributed by atoms with E-state index in [4.69, 9.17) is 9.47 Å². The zero-order chi connectivity index (χ0) is 19.7. The number of esters is 1. The van der Waals surface area contributed by atoms with Crippen molar-refractivity contribution in [3.8, 4) is 0 Å². The zero-order valence-corrected chi connectivity index (χ0v) is 17.3. The molecule has 4 atom stereocenters. The molecule has 0 spiro atoms. The summed E-state index contributed by atoms with van der Waals surface area (Å²) in [4.78, 5) is 19.5. The second-order valence-electron chi connectivity index (χ2n) is 8.47. The molecule has 2 aliphatic heterocycles. The number of hydrogen-bond acceptors (Lipinski definition) is 4. The number of carbonyl (C=O) groups is 1. The summed E-state index contributed by atoms with van der Waals surface area (Å²) in [5, 5.41) is 1.25. The number of ether oxygens (including phenoxy) is 2.